The summed E-state index contributed by atoms with van der Waals surface area (Å²) in [6.07, 6.45) is 6.35. The molecule has 1 N–H and O–H groups in total. The average Bonchev–Trinajstić information content (AvgIpc) is 2.45. The minimum atomic E-state index is 0.00628. The molecule has 0 spiro atoms. The Morgan fingerprint density at radius 3 is 2.47 bits per heavy atom. The van der Waals surface area contributed by atoms with Crippen molar-refractivity contribution in [1.29, 1.82) is 0 Å². The molecule has 0 fully saturated rings. The molecule has 1 rings (SSSR count). The van der Waals surface area contributed by atoms with E-state index in [2.05, 4.69) is 17.5 Å². The second-order valence-electron chi connectivity index (χ2n) is 4.76. The van der Waals surface area contributed by atoms with Gasteiger partial charge in [-0.1, -0.05) is 62.9 Å². The molecule has 1 aromatic rings. The first-order valence-electron chi connectivity index (χ1n) is 7.12. The molecule has 0 aliphatic rings. The molecule has 1 aromatic carbocycles. The number of unbranched alkanes of at least 4 members (excludes halogenated alkanes) is 4. The normalized spacial score (nSPS) is 11.4. The molecule has 19 heavy (non-hydrogen) atoms. The van der Waals surface area contributed by atoms with Crippen LogP contribution >= 0.6 is 0 Å². The number of hydrazone groups is 1. The summed E-state index contributed by atoms with van der Waals surface area (Å²) in [5, 5.41) is 4.13. The number of nitrogens with one attached hydrogen (secondary N) is 1. The first-order chi connectivity index (χ1) is 9.24. The fourth-order valence-electron chi connectivity index (χ4n) is 1.84. The summed E-state index contributed by atoms with van der Waals surface area (Å²) in [5.41, 5.74) is 4.49. The van der Waals surface area contributed by atoms with Gasteiger partial charge in [0.1, 0.15) is 0 Å². The van der Waals surface area contributed by atoms with Crippen LogP contribution in [0.1, 0.15) is 57.9 Å². The Morgan fingerprint density at radius 1 is 1.11 bits per heavy atom. The van der Waals surface area contributed by atoms with Gasteiger partial charge in [0, 0.05) is 6.42 Å². The van der Waals surface area contributed by atoms with Crippen molar-refractivity contribution in [3.63, 3.8) is 0 Å². The molecule has 0 aliphatic carbocycles. The van der Waals surface area contributed by atoms with Crippen molar-refractivity contribution < 1.29 is 4.79 Å². The Kier molecular flexibility index (Phi) is 7.56. The molecule has 1 amide bonds. The second kappa shape index (κ2) is 9.31. The largest absolute Gasteiger partial charge is 0.273 e. The van der Waals surface area contributed by atoms with Crippen LogP contribution in [0.4, 0.5) is 0 Å². The zero-order valence-electron chi connectivity index (χ0n) is 12.0. The standard InChI is InChI=1S/C16H24N2O/c1-3-4-5-6-10-13-16(19)18-17-14(2)15-11-8-7-9-12-15/h7-9,11-12H,3-6,10,13H2,1-2H3,(H,18,19). The van der Waals surface area contributed by atoms with E-state index in [1.54, 1.807) is 0 Å². The number of hydrogen-bond acceptors (Lipinski definition) is 2. The van der Waals surface area contributed by atoms with E-state index in [0.717, 1.165) is 24.1 Å². The maximum atomic E-state index is 11.6. The summed E-state index contributed by atoms with van der Waals surface area (Å²) >= 11 is 0. The lowest BCUT2D eigenvalue weighted by Crippen LogP contribution is -2.18. The van der Waals surface area contributed by atoms with Crippen LogP contribution in [0, 0.1) is 0 Å². The van der Waals surface area contributed by atoms with Crippen LogP contribution in [-0.4, -0.2) is 11.6 Å². The van der Waals surface area contributed by atoms with Gasteiger partial charge in [-0.2, -0.15) is 5.10 Å². The van der Waals surface area contributed by atoms with Crippen LogP contribution in [-0.2, 0) is 4.79 Å². The number of amides is 1. The molecule has 3 heteroatoms. The molecule has 3 nitrogen and oxygen atoms in total. The van der Waals surface area contributed by atoms with Crippen LogP contribution in [0.2, 0.25) is 0 Å². The van der Waals surface area contributed by atoms with Crippen molar-refractivity contribution in [2.24, 2.45) is 5.10 Å². The number of nitrogens with zero attached hydrogens (tertiary/aromatic N) is 1. The van der Waals surface area contributed by atoms with Gasteiger partial charge in [-0.05, 0) is 18.9 Å². The number of hydrogen-bond donors (Lipinski definition) is 1. The van der Waals surface area contributed by atoms with E-state index in [4.69, 9.17) is 0 Å². The van der Waals surface area contributed by atoms with Gasteiger partial charge >= 0.3 is 0 Å². The highest BCUT2D eigenvalue weighted by Gasteiger charge is 2.01. The van der Waals surface area contributed by atoms with Crippen LogP contribution < -0.4 is 5.43 Å². The molecule has 104 valence electrons. The van der Waals surface area contributed by atoms with Gasteiger partial charge in [-0.25, -0.2) is 5.43 Å². The highest BCUT2D eigenvalue weighted by atomic mass is 16.2. The zero-order chi connectivity index (χ0) is 13.9. The van der Waals surface area contributed by atoms with Crippen molar-refractivity contribution in [3.05, 3.63) is 35.9 Å². The fourth-order valence-corrected chi connectivity index (χ4v) is 1.84. The Morgan fingerprint density at radius 2 is 1.79 bits per heavy atom. The molecule has 0 atom stereocenters. The summed E-state index contributed by atoms with van der Waals surface area (Å²) in [7, 11) is 0. The van der Waals surface area contributed by atoms with E-state index < -0.39 is 0 Å². The number of carbonyl (C=O) groups is 1. The van der Waals surface area contributed by atoms with Gasteiger partial charge in [0.2, 0.25) is 5.91 Å². The minimum absolute atomic E-state index is 0.00628. The van der Waals surface area contributed by atoms with Crippen LogP contribution in [0.5, 0.6) is 0 Å². The van der Waals surface area contributed by atoms with E-state index in [1.807, 2.05) is 37.3 Å². The molecule has 0 saturated heterocycles. The summed E-state index contributed by atoms with van der Waals surface area (Å²) in [5.74, 6) is 0.00628. The third-order valence-corrected chi connectivity index (χ3v) is 3.05. The highest BCUT2D eigenvalue weighted by molar-refractivity contribution is 5.99. The van der Waals surface area contributed by atoms with Gasteiger partial charge in [0.05, 0.1) is 5.71 Å². The van der Waals surface area contributed by atoms with Crippen LogP contribution in [0.25, 0.3) is 0 Å². The number of rotatable bonds is 8. The molecule has 0 unspecified atom stereocenters. The topological polar surface area (TPSA) is 41.5 Å². The highest BCUT2D eigenvalue weighted by Crippen LogP contribution is 2.05. The van der Waals surface area contributed by atoms with Gasteiger partial charge in [0.25, 0.3) is 0 Å². The average molecular weight is 260 g/mol. The lowest BCUT2D eigenvalue weighted by Gasteiger charge is -2.03. The minimum Gasteiger partial charge on any atom is -0.273 e. The second-order valence-corrected chi connectivity index (χ2v) is 4.76. The molecule has 0 saturated carbocycles. The molecule has 0 heterocycles. The molecule has 0 aliphatic heterocycles. The van der Waals surface area contributed by atoms with E-state index >= 15 is 0 Å². The predicted octanol–water partition coefficient (Wildman–Crippen LogP) is 3.89. The molecule has 0 bridgehead atoms. The third-order valence-electron chi connectivity index (χ3n) is 3.05. The van der Waals surface area contributed by atoms with Crippen molar-refractivity contribution in [1.82, 2.24) is 5.43 Å². The van der Waals surface area contributed by atoms with Crippen molar-refractivity contribution in [3.8, 4) is 0 Å². The monoisotopic (exact) mass is 260 g/mol. The summed E-state index contributed by atoms with van der Waals surface area (Å²) in [4.78, 5) is 11.6. The van der Waals surface area contributed by atoms with Gasteiger partial charge in [-0.15, -0.1) is 0 Å². The van der Waals surface area contributed by atoms with Crippen molar-refractivity contribution in [2.75, 3.05) is 0 Å². The maximum Gasteiger partial charge on any atom is 0.240 e. The quantitative estimate of drug-likeness (QED) is 0.430. The SMILES string of the molecule is CCCCCCCC(=O)NN=C(C)c1ccccc1. The molecular weight excluding hydrogens is 236 g/mol. The summed E-state index contributed by atoms with van der Waals surface area (Å²) in [6, 6.07) is 9.85. The van der Waals surface area contributed by atoms with Gasteiger partial charge in [-0.3, -0.25) is 4.79 Å². The Labute approximate surface area is 116 Å². The zero-order valence-corrected chi connectivity index (χ0v) is 12.0. The number of benzene rings is 1. The van der Waals surface area contributed by atoms with Gasteiger partial charge in [0.15, 0.2) is 0 Å². The fraction of sp³-hybridized carbons (Fsp3) is 0.500. The van der Waals surface area contributed by atoms with Gasteiger partial charge < -0.3 is 0 Å². The lowest BCUT2D eigenvalue weighted by molar-refractivity contribution is -0.121. The van der Waals surface area contributed by atoms with Crippen LogP contribution in [0.3, 0.4) is 0 Å². The van der Waals surface area contributed by atoms with E-state index in [-0.39, 0.29) is 5.91 Å². The Balaban J connectivity index is 2.25. The summed E-state index contributed by atoms with van der Waals surface area (Å²) < 4.78 is 0. The maximum absolute atomic E-state index is 11.6. The molecule has 0 aromatic heterocycles. The lowest BCUT2D eigenvalue weighted by atomic mass is 10.1. The summed E-state index contributed by atoms with van der Waals surface area (Å²) in [6.45, 7) is 4.09. The third kappa shape index (κ3) is 6.75. The van der Waals surface area contributed by atoms with Crippen molar-refractivity contribution in [2.45, 2.75) is 52.4 Å². The molecule has 0 radical (unpaired) electrons. The van der Waals surface area contributed by atoms with E-state index in [1.165, 1.54) is 19.3 Å². The number of carbonyl (C=O) groups excluding carboxylic acids is 1. The van der Waals surface area contributed by atoms with Crippen LogP contribution in [0.15, 0.2) is 35.4 Å². The first kappa shape index (κ1) is 15.4. The Bertz CT molecular complexity index is 398. The molecular formula is C16H24N2O. The predicted molar refractivity (Wildman–Crippen MR) is 80.2 cm³/mol. The first-order valence-corrected chi connectivity index (χ1v) is 7.12. The van der Waals surface area contributed by atoms with E-state index in [0.29, 0.717) is 6.42 Å². The van der Waals surface area contributed by atoms with Crippen molar-refractivity contribution >= 4 is 11.6 Å². The van der Waals surface area contributed by atoms with E-state index in [9.17, 15) is 4.79 Å². The Hall–Kier alpha value is -1.64. The smallest absolute Gasteiger partial charge is 0.240 e.